The Labute approximate surface area is 108 Å². The highest BCUT2D eigenvalue weighted by atomic mass is 16.5. The molecule has 0 aliphatic heterocycles. The Kier molecular flexibility index (Phi) is 8.50. The monoisotopic (exact) mass is 257 g/mol. The summed E-state index contributed by atoms with van der Waals surface area (Å²) in [5, 5.41) is 3.26. The fraction of sp³-hybridized carbons (Fsp3) is 0.692. The van der Waals surface area contributed by atoms with Gasteiger partial charge in [0, 0.05) is 19.2 Å². The summed E-state index contributed by atoms with van der Waals surface area (Å²) in [6.07, 6.45) is 1.69. The van der Waals surface area contributed by atoms with E-state index in [0.717, 1.165) is 24.4 Å². The Balaban J connectivity index is 2.09. The number of rotatable bonds is 11. The SMILES string of the molecule is CCNCc1ccoc1COCCOCCOC. The van der Waals surface area contributed by atoms with Crippen LogP contribution in [0.1, 0.15) is 18.2 Å². The van der Waals surface area contributed by atoms with Gasteiger partial charge in [0.25, 0.3) is 0 Å². The van der Waals surface area contributed by atoms with Crippen LogP contribution in [0.4, 0.5) is 0 Å². The van der Waals surface area contributed by atoms with Crippen molar-refractivity contribution in [3.63, 3.8) is 0 Å². The predicted octanol–water partition coefficient (Wildman–Crippen LogP) is 1.57. The normalized spacial score (nSPS) is 11.0. The molecule has 5 heteroatoms. The van der Waals surface area contributed by atoms with Gasteiger partial charge in [-0.1, -0.05) is 6.92 Å². The lowest BCUT2D eigenvalue weighted by molar-refractivity contribution is 0.0159. The van der Waals surface area contributed by atoms with Crippen LogP contribution in [0.3, 0.4) is 0 Å². The molecule has 1 heterocycles. The molecule has 0 aliphatic rings. The van der Waals surface area contributed by atoms with Gasteiger partial charge < -0.3 is 23.9 Å². The number of furan rings is 1. The molecule has 0 saturated carbocycles. The van der Waals surface area contributed by atoms with Crippen LogP contribution < -0.4 is 5.32 Å². The van der Waals surface area contributed by atoms with E-state index in [0.29, 0.717) is 33.0 Å². The lowest BCUT2D eigenvalue weighted by Gasteiger charge is -2.06. The third-order valence-electron chi connectivity index (χ3n) is 2.44. The second kappa shape index (κ2) is 10.1. The quantitative estimate of drug-likeness (QED) is 0.610. The summed E-state index contributed by atoms with van der Waals surface area (Å²) in [5.74, 6) is 0.882. The van der Waals surface area contributed by atoms with Gasteiger partial charge in [-0.2, -0.15) is 0 Å². The molecule has 0 saturated heterocycles. The average Bonchev–Trinajstić information content (AvgIpc) is 2.83. The fourth-order valence-corrected chi connectivity index (χ4v) is 1.44. The zero-order valence-corrected chi connectivity index (χ0v) is 11.2. The van der Waals surface area contributed by atoms with Gasteiger partial charge in [-0.15, -0.1) is 0 Å². The lowest BCUT2D eigenvalue weighted by Crippen LogP contribution is -2.13. The van der Waals surface area contributed by atoms with Crippen LogP contribution >= 0.6 is 0 Å². The Hall–Kier alpha value is -0.880. The van der Waals surface area contributed by atoms with Crippen LogP contribution in [-0.2, 0) is 27.4 Å². The molecule has 0 atom stereocenters. The molecule has 0 radical (unpaired) electrons. The maximum atomic E-state index is 5.49. The molecule has 5 nitrogen and oxygen atoms in total. The maximum Gasteiger partial charge on any atom is 0.133 e. The third-order valence-corrected chi connectivity index (χ3v) is 2.44. The van der Waals surface area contributed by atoms with Gasteiger partial charge in [-0.3, -0.25) is 0 Å². The van der Waals surface area contributed by atoms with Gasteiger partial charge in [0.15, 0.2) is 0 Å². The van der Waals surface area contributed by atoms with Crippen LogP contribution in [0, 0.1) is 0 Å². The van der Waals surface area contributed by atoms with Crippen LogP contribution in [0.15, 0.2) is 16.7 Å². The summed E-state index contributed by atoms with van der Waals surface area (Å²) >= 11 is 0. The highest BCUT2D eigenvalue weighted by Gasteiger charge is 2.05. The van der Waals surface area contributed by atoms with E-state index in [-0.39, 0.29) is 0 Å². The van der Waals surface area contributed by atoms with E-state index >= 15 is 0 Å². The first-order valence-corrected chi connectivity index (χ1v) is 6.28. The summed E-state index contributed by atoms with van der Waals surface area (Å²) < 4.78 is 21.0. The van der Waals surface area contributed by atoms with Gasteiger partial charge in [0.1, 0.15) is 12.4 Å². The van der Waals surface area contributed by atoms with Crippen LogP contribution in [-0.4, -0.2) is 40.1 Å². The molecular formula is C13H23NO4. The van der Waals surface area contributed by atoms with Crippen molar-refractivity contribution in [2.45, 2.75) is 20.1 Å². The summed E-state index contributed by atoms with van der Waals surface area (Å²) in [4.78, 5) is 0. The highest BCUT2D eigenvalue weighted by Crippen LogP contribution is 2.11. The van der Waals surface area contributed by atoms with Gasteiger partial charge >= 0.3 is 0 Å². The van der Waals surface area contributed by atoms with Crippen molar-refractivity contribution in [1.29, 1.82) is 0 Å². The molecule has 18 heavy (non-hydrogen) atoms. The summed E-state index contributed by atoms with van der Waals surface area (Å²) in [6.45, 7) is 6.68. The zero-order chi connectivity index (χ0) is 13.1. The second-order valence-electron chi connectivity index (χ2n) is 3.81. The summed E-state index contributed by atoms with van der Waals surface area (Å²) in [7, 11) is 1.66. The molecule has 0 amide bonds. The molecule has 1 aromatic heterocycles. The van der Waals surface area contributed by atoms with Gasteiger partial charge in [-0.05, 0) is 12.6 Å². The van der Waals surface area contributed by atoms with E-state index in [4.69, 9.17) is 18.6 Å². The van der Waals surface area contributed by atoms with Crippen molar-refractivity contribution in [3.8, 4) is 0 Å². The number of nitrogens with one attached hydrogen (secondary N) is 1. The molecule has 0 aliphatic carbocycles. The molecule has 1 N–H and O–H groups in total. The van der Waals surface area contributed by atoms with E-state index < -0.39 is 0 Å². The number of hydrogen-bond acceptors (Lipinski definition) is 5. The minimum absolute atomic E-state index is 0.487. The first-order valence-electron chi connectivity index (χ1n) is 6.28. The van der Waals surface area contributed by atoms with Crippen molar-refractivity contribution < 1.29 is 18.6 Å². The molecule has 0 unspecified atom stereocenters. The molecule has 0 aromatic carbocycles. The van der Waals surface area contributed by atoms with Crippen LogP contribution in [0.2, 0.25) is 0 Å². The first kappa shape index (κ1) is 15.2. The number of methoxy groups -OCH3 is 1. The zero-order valence-electron chi connectivity index (χ0n) is 11.2. The molecule has 0 fully saturated rings. The average molecular weight is 257 g/mol. The lowest BCUT2D eigenvalue weighted by atomic mass is 10.2. The van der Waals surface area contributed by atoms with Crippen LogP contribution in [0.25, 0.3) is 0 Å². The standard InChI is InChI=1S/C13H23NO4/c1-3-14-10-12-4-5-18-13(12)11-17-9-8-16-7-6-15-2/h4-5,14H,3,6-11H2,1-2H3. The Morgan fingerprint density at radius 3 is 2.72 bits per heavy atom. The van der Waals surface area contributed by atoms with Crippen molar-refractivity contribution in [2.24, 2.45) is 0 Å². The molecule has 104 valence electrons. The minimum Gasteiger partial charge on any atom is -0.467 e. The van der Waals surface area contributed by atoms with Crippen molar-refractivity contribution in [3.05, 3.63) is 23.7 Å². The van der Waals surface area contributed by atoms with Gasteiger partial charge in [-0.25, -0.2) is 0 Å². The van der Waals surface area contributed by atoms with E-state index in [1.165, 1.54) is 0 Å². The Morgan fingerprint density at radius 1 is 1.17 bits per heavy atom. The van der Waals surface area contributed by atoms with Crippen molar-refractivity contribution in [1.82, 2.24) is 5.32 Å². The fourth-order valence-electron chi connectivity index (χ4n) is 1.44. The van der Waals surface area contributed by atoms with Crippen molar-refractivity contribution in [2.75, 3.05) is 40.1 Å². The molecule has 0 bridgehead atoms. The maximum absolute atomic E-state index is 5.49. The Morgan fingerprint density at radius 2 is 1.94 bits per heavy atom. The smallest absolute Gasteiger partial charge is 0.133 e. The minimum atomic E-state index is 0.487. The first-order chi connectivity index (χ1) is 8.88. The van der Waals surface area contributed by atoms with E-state index in [9.17, 15) is 0 Å². The number of hydrogen-bond donors (Lipinski definition) is 1. The molecule has 1 aromatic rings. The number of ether oxygens (including phenoxy) is 3. The highest BCUT2D eigenvalue weighted by molar-refractivity contribution is 5.15. The Bertz CT molecular complexity index is 301. The van der Waals surface area contributed by atoms with E-state index in [2.05, 4.69) is 12.2 Å². The van der Waals surface area contributed by atoms with Gasteiger partial charge in [0.2, 0.25) is 0 Å². The molecule has 1 rings (SSSR count). The molecule has 0 spiro atoms. The van der Waals surface area contributed by atoms with Gasteiger partial charge in [0.05, 0.1) is 32.7 Å². The van der Waals surface area contributed by atoms with Crippen molar-refractivity contribution >= 4 is 0 Å². The summed E-state index contributed by atoms with van der Waals surface area (Å²) in [5.41, 5.74) is 1.15. The second-order valence-corrected chi connectivity index (χ2v) is 3.81. The van der Waals surface area contributed by atoms with E-state index in [1.54, 1.807) is 13.4 Å². The predicted molar refractivity (Wildman–Crippen MR) is 68.4 cm³/mol. The van der Waals surface area contributed by atoms with E-state index in [1.807, 2.05) is 6.07 Å². The molecular weight excluding hydrogens is 234 g/mol. The topological polar surface area (TPSA) is 52.9 Å². The largest absolute Gasteiger partial charge is 0.467 e. The summed E-state index contributed by atoms with van der Waals surface area (Å²) in [6, 6.07) is 1.97. The third kappa shape index (κ3) is 6.16. The van der Waals surface area contributed by atoms with Crippen LogP contribution in [0.5, 0.6) is 0 Å².